The first-order valence-electron chi connectivity index (χ1n) is 9.41. The number of thioether (sulfide) groups is 1. The van der Waals surface area contributed by atoms with Gasteiger partial charge in [-0.25, -0.2) is 0 Å². The number of hydrogen-bond donors (Lipinski definition) is 0. The molecule has 0 saturated heterocycles. The number of rotatable bonds is 4. The van der Waals surface area contributed by atoms with Crippen molar-refractivity contribution in [2.24, 2.45) is 0 Å². The van der Waals surface area contributed by atoms with E-state index in [0.717, 1.165) is 25.1 Å². The second-order valence-electron chi connectivity index (χ2n) is 4.65. The molecule has 0 N–H and O–H groups in total. The van der Waals surface area contributed by atoms with Crippen LogP contribution < -0.4 is 0 Å². The van der Waals surface area contributed by atoms with E-state index in [0.29, 0.717) is 0 Å². The maximum absolute atomic E-state index is 9.46. The molecule has 0 aliphatic carbocycles. The molecule has 3 heteroatoms. The average molecular weight is 361 g/mol. The molecular formula is C22H36N2S. The van der Waals surface area contributed by atoms with Crippen molar-refractivity contribution in [1.82, 2.24) is 4.90 Å². The zero-order valence-corrected chi connectivity index (χ0v) is 18.0. The molecule has 0 saturated carbocycles. The SMILES string of the molecule is C=CSC1=C(C)CN([C@H](C#N)c2ccccc2)CC1.CC.CC.CC. The summed E-state index contributed by atoms with van der Waals surface area (Å²) >= 11 is 1.71. The molecule has 0 spiro atoms. The quantitative estimate of drug-likeness (QED) is 0.568. The van der Waals surface area contributed by atoms with Gasteiger partial charge in [-0.1, -0.05) is 78.5 Å². The fraction of sp³-hybridized carbons (Fsp3) is 0.500. The molecule has 1 heterocycles. The van der Waals surface area contributed by atoms with Gasteiger partial charge in [-0.15, -0.1) is 11.8 Å². The lowest BCUT2D eigenvalue weighted by molar-refractivity contribution is 0.249. The summed E-state index contributed by atoms with van der Waals surface area (Å²) in [6.45, 7) is 19.7. The van der Waals surface area contributed by atoms with Gasteiger partial charge in [0.15, 0.2) is 0 Å². The Morgan fingerprint density at radius 1 is 1.12 bits per heavy atom. The lowest BCUT2D eigenvalue weighted by atomic mass is 10.0. The molecule has 0 fully saturated rings. The van der Waals surface area contributed by atoms with Gasteiger partial charge >= 0.3 is 0 Å². The molecule has 1 aromatic rings. The van der Waals surface area contributed by atoms with E-state index in [1.54, 1.807) is 11.8 Å². The third-order valence-corrected chi connectivity index (χ3v) is 4.37. The molecule has 0 aromatic heterocycles. The van der Waals surface area contributed by atoms with Crippen molar-refractivity contribution in [3.05, 3.63) is 58.4 Å². The Labute approximate surface area is 160 Å². The highest BCUT2D eigenvalue weighted by molar-refractivity contribution is 8.05. The minimum atomic E-state index is -0.147. The maximum Gasteiger partial charge on any atom is 0.124 e. The van der Waals surface area contributed by atoms with E-state index < -0.39 is 0 Å². The number of benzene rings is 1. The zero-order valence-electron chi connectivity index (χ0n) is 17.2. The smallest absolute Gasteiger partial charge is 0.124 e. The van der Waals surface area contributed by atoms with Crippen LogP contribution in [0.25, 0.3) is 0 Å². The van der Waals surface area contributed by atoms with Gasteiger partial charge in [0.25, 0.3) is 0 Å². The molecule has 1 atom stereocenters. The lowest BCUT2D eigenvalue weighted by Crippen LogP contribution is -2.33. The molecule has 0 radical (unpaired) electrons. The van der Waals surface area contributed by atoms with Gasteiger partial charge in [0.05, 0.1) is 6.07 Å². The van der Waals surface area contributed by atoms with Crippen molar-refractivity contribution in [3.8, 4) is 6.07 Å². The summed E-state index contributed by atoms with van der Waals surface area (Å²) in [5, 5.41) is 11.3. The standard InChI is InChI=1S/C16H18N2S.3C2H6/c1-3-19-16-9-10-18(12-13(16)2)15(11-17)14-7-5-4-6-8-14;3*1-2/h3-8,15H,1,9-10,12H2,2H3;3*1-2H3/t15-;;;/m1.../s1. The predicted octanol–water partition coefficient (Wildman–Crippen LogP) is 7.19. The first-order valence-corrected chi connectivity index (χ1v) is 10.3. The zero-order chi connectivity index (χ0) is 19.7. The van der Waals surface area contributed by atoms with Crippen LogP contribution in [0.1, 0.15) is 66.5 Å². The van der Waals surface area contributed by atoms with Crippen molar-refractivity contribution in [3.63, 3.8) is 0 Å². The fourth-order valence-corrected chi connectivity index (χ4v) is 3.09. The molecule has 2 nitrogen and oxygen atoms in total. The Bertz CT molecular complexity index is 515. The Balaban J connectivity index is 0. The van der Waals surface area contributed by atoms with E-state index in [9.17, 15) is 5.26 Å². The number of hydrogen-bond acceptors (Lipinski definition) is 3. The van der Waals surface area contributed by atoms with Crippen molar-refractivity contribution >= 4 is 11.8 Å². The molecule has 1 aliphatic rings. The van der Waals surface area contributed by atoms with Crippen molar-refractivity contribution in [1.29, 1.82) is 5.26 Å². The highest BCUT2D eigenvalue weighted by Crippen LogP contribution is 2.32. The van der Waals surface area contributed by atoms with Crippen LogP contribution >= 0.6 is 11.8 Å². The maximum atomic E-state index is 9.46. The summed E-state index contributed by atoms with van der Waals surface area (Å²) in [5.74, 6) is 0. The molecule has 140 valence electrons. The largest absolute Gasteiger partial charge is 0.280 e. The topological polar surface area (TPSA) is 27.0 Å². The Hall–Kier alpha value is -1.50. The van der Waals surface area contributed by atoms with Gasteiger partial charge in [-0.3, -0.25) is 4.90 Å². The first kappa shape index (κ1) is 25.7. The van der Waals surface area contributed by atoms with E-state index in [1.165, 1.54) is 10.5 Å². The summed E-state index contributed by atoms with van der Waals surface area (Å²) in [4.78, 5) is 3.65. The molecule has 1 aliphatic heterocycles. The lowest BCUT2D eigenvalue weighted by Gasteiger charge is -2.32. The highest BCUT2D eigenvalue weighted by atomic mass is 32.2. The van der Waals surface area contributed by atoms with Gasteiger partial charge in [-0.05, 0) is 34.8 Å². The Morgan fingerprint density at radius 3 is 2.12 bits per heavy atom. The molecular weight excluding hydrogens is 324 g/mol. The van der Waals surface area contributed by atoms with Crippen molar-refractivity contribution in [2.75, 3.05) is 13.1 Å². The predicted molar refractivity (Wildman–Crippen MR) is 116 cm³/mol. The van der Waals surface area contributed by atoms with Gasteiger partial charge in [-0.2, -0.15) is 5.26 Å². The third kappa shape index (κ3) is 8.95. The van der Waals surface area contributed by atoms with Crippen LogP contribution in [0.5, 0.6) is 0 Å². The van der Waals surface area contributed by atoms with Gasteiger partial charge in [0.1, 0.15) is 6.04 Å². The third-order valence-electron chi connectivity index (χ3n) is 3.37. The van der Waals surface area contributed by atoms with Crippen LogP contribution in [0.4, 0.5) is 0 Å². The molecule has 25 heavy (non-hydrogen) atoms. The van der Waals surface area contributed by atoms with Gasteiger partial charge in [0, 0.05) is 13.1 Å². The second kappa shape index (κ2) is 17.3. The van der Waals surface area contributed by atoms with Crippen LogP contribution in [0, 0.1) is 11.3 Å². The first-order chi connectivity index (χ1) is 12.3. The van der Waals surface area contributed by atoms with E-state index in [-0.39, 0.29) is 6.04 Å². The molecule has 0 bridgehead atoms. The second-order valence-corrected chi connectivity index (χ2v) is 5.71. The minimum Gasteiger partial charge on any atom is -0.280 e. The molecule has 2 rings (SSSR count). The number of nitrogens with zero attached hydrogens (tertiary/aromatic N) is 2. The summed E-state index contributed by atoms with van der Waals surface area (Å²) < 4.78 is 0. The normalized spacial score (nSPS) is 14.3. The summed E-state index contributed by atoms with van der Waals surface area (Å²) in [5.41, 5.74) is 2.44. The van der Waals surface area contributed by atoms with Gasteiger partial charge < -0.3 is 0 Å². The van der Waals surface area contributed by atoms with E-state index >= 15 is 0 Å². The Kier molecular flexibility index (Phi) is 17.8. The summed E-state index contributed by atoms with van der Waals surface area (Å²) in [7, 11) is 0. The van der Waals surface area contributed by atoms with E-state index in [2.05, 4.69) is 24.5 Å². The monoisotopic (exact) mass is 360 g/mol. The van der Waals surface area contributed by atoms with Crippen LogP contribution in [0.15, 0.2) is 52.8 Å². The van der Waals surface area contributed by atoms with Crippen molar-refractivity contribution < 1.29 is 0 Å². The Morgan fingerprint density at radius 2 is 1.68 bits per heavy atom. The van der Waals surface area contributed by atoms with Crippen LogP contribution in [0.3, 0.4) is 0 Å². The van der Waals surface area contributed by atoms with Crippen LogP contribution in [0.2, 0.25) is 0 Å². The van der Waals surface area contributed by atoms with Gasteiger partial charge in [0.2, 0.25) is 0 Å². The van der Waals surface area contributed by atoms with Crippen LogP contribution in [-0.2, 0) is 0 Å². The molecule has 0 amide bonds. The summed E-state index contributed by atoms with van der Waals surface area (Å²) in [6.07, 6.45) is 1.01. The minimum absolute atomic E-state index is 0.147. The van der Waals surface area contributed by atoms with E-state index in [1.807, 2.05) is 77.3 Å². The molecule has 0 unspecified atom stereocenters. The fourth-order valence-electron chi connectivity index (χ4n) is 2.41. The van der Waals surface area contributed by atoms with Crippen molar-refractivity contribution in [2.45, 2.75) is 60.9 Å². The number of nitriles is 1. The van der Waals surface area contributed by atoms with Crippen LogP contribution in [-0.4, -0.2) is 18.0 Å². The van der Waals surface area contributed by atoms with E-state index in [4.69, 9.17) is 0 Å². The molecule has 1 aromatic carbocycles. The highest BCUT2D eigenvalue weighted by Gasteiger charge is 2.24. The summed E-state index contributed by atoms with van der Waals surface area (Å²) in [6, 6.07) is 12.3. The average Bonchev–Trinajstić information content (AvgIpc) is 2.70.